The molecule has 8 nitrogen and oxygen atoms in total. The summed E-state index contributed by atoms with van der Waals surface area (Å²) in [6.45, 7) is 4.76. The molecule has 2 atom stereocenters. The Hall–Kier alpha value is -1.93. The summed E-state index contributed by atoms with van der Waals surface area (Å²) in [5.74, 6) is 2.18. The number of hydrogen-bond acceptors (Lipinski definition) is 7. The van der Waals surface area contributed by atoms with Crippen molar-refractivity contribution in [2.75, 3.05) is 63.4 Å². The summed E-state index contributed by atoms with van der Waals surface area (Å²) in [6, 6.07) is 3.39. The summed E-state index contributed by atoms with van der Waals surface area (Å²) in [6.07, 6.45) is 4.32. The van der Waals surface area contributed by atoms with Crippen LogP contribution in [-0.4, -0.2) is 63.5 Å². The summed E-state index contributed by atoms with van der Waals surface area (Å²) in [5, 5.41) is 11.6. The number of anilines is 2. The first-order valence-electron chi connectivity index (χ1n) is 9.75. The van der Waals surface area contributed by atoms with Gasteiger partial charge in [0.2, 0.25) is 5.82 Å². The molecule has 0 radical (unpaired) electrons. The van der Waals surface area contributed by atoms with E-state index in [1.807, 2.05) is 0 Å². The van der Waals surface area contributed by atoms with E-state index < -0.39 is 0 Å². The van der Waals surface area contributed by atoms with Crippen molar-refractivity contribution in [1.29, 1.82) is 0 Å². The molecule has 0 N–H and O–H groups in total. The Labute approximate surface area is 160 Å². The van der Waals surface area contributed by atoms with Crippen LogP contribution in [0.1, 0.15) is 25.7 Å². The maximum absolute atomic E-state index is 11.6. The fraction of sp³-hybridized carbons (Fsp3) is 0.737. The van der Waals surface area contributed by atoms with Crippen LogP contribution >= 0.6 is 0 Å². The van der Waals surface area contributed by atoms with Crippen molar-refractivity contribution in [2.24, 2.45) is 11.8 Å². The van der Waals surface area contributed by atoms with E-state index in [-0.39, 0.29) is 10.6 Å². The molecular weight excluding hydrogens is 348 g/mol. The topological polar surface area (TPSA) is 81.0 Å². The van der Waals surface area contributed by atoms with Gasteiger partial charge in [-0.3, -0.25) is 10.1 Å². The van der Waals surface area contributed by atoms with Gasteiger partial charge in [0.25, 0.3) is 0 Å². The van der Waals surface area contributed by atoms with Crippen molar-refractivity contribution in [3.05, 3.63) is 22.2 Å². The molecule has 0 saturated carbocycles. The lowest BCUT2D eigenvalue weighted by atomic mass is 9.98. The van der Waals surface area contributed by atoms with Gasteiger partial charge in [-0.15, -0.1) is 0 Å². The van der Waals surface area contributed by atoms with Gasteiger partial charge in [-0.05, 0) is 43.6 Å². The molecule has 2 saturated heterocycles. The van der Waals surface area contributed by atoms with Crippen molar-refractivity contribution >= 4 is 17.3 Å². The van der Waals surface area contributed by atoms with Gasteiger partial charge in [-0.2, -0.15) is 0 Å². The lowest BCUT2D eigenvalue weighted by Crippen LogP contribution is -2.39. The molecule has 0 spiro atoms. The minimum Gasteiger partial charge on any atom is -0.384 e. The third-order valence-corrected chi connectivity index (χ3v) is 5.50. The maximum atomic E-state index is 11.6. The number of aromatic nitrogens is 1. The van der Waals surface area contributed by atoms with Crippen LogP contribution in [-0.2, 0) is 9.47 Å². The van der Waals surface area contributed by atoms with Gasteiger partial charge in [0.1, 0.15) is 5.82 Å². The van der Waals surface area contributed by atoms with E-state index >= 15 is 0 Å². The Kier molecular flexibility index (Phi) is 6.84. The highest BCUT2D eigenvalue weighted by Crippen LogP contribution is 2.33. The first-order valence-corrected chi connectivity index (χ1v) is 9.75. The molecule has 0 unspecified atom stereocenters. The van der Waals surface area contributed by atoms with Gasteiger partial charge in [0, 0.05) is 46.5 Å². The number of hydrogen-bond donors (Lipinski definition) is 0. The molecule has 2 aliphatic rings. The van der Waals surface area contributed by atoms with Gasteiger partial charge in [-0.25, -0.2) is 4.98 Å². The molecule has 1 aromatic rings. The summed E-state index contributed by atoms with van der Waals surface area (Å²) in [4.78, 5) is 20.3. The Morgan fingerprint density at radius 3 is 2.26 bits per heavy atom. The maximum Gasteiger partial charge on any atom is 0.311 e. The smallest absolute Gasteiger partial charge is 0.311 e. The second kappa shape index (κ2) is 9.32. The first-order chi connectivity index (χ1) is 13.1. The van der Waals surface area contributed by atoms with Crippen LogP contribution in [0.3, 0.4) is 0 Å². The number of pyridine rings is 1. The average molecular weight is 378 g/mol. The van der Waals surface area contributed by atoms with Crippen LogP contribution in [0.4, 0.5) is 17.3 Å². The predicted molar refractivity (Wildman–Crippen MR) is 105 cm³/mol. The van der Waals surface area contributed by atoms with Gasteiger partial charge in [0.15, 0.2) is 0 Å². The molecule has 0 bridgehead atoms. The molecule has 8 heteroatoms. The number of piperidine rings is 2. The normalized spacial score (nSPS) is 23.5. The van der Waals surface area contributed by atoms with Crippen LogP contribution in [0.25, 0.3) is 0 Å². The molecule has 1 aromatic heterocycles. The zero-order chi connectivity index (χ0) is 19.2. The minimum absolute atomic E-state index is 0.0854. The molecule has 0 aliphatic carbocycles. The van der Waals surface area contributed by atoms with E-state index in [1.54, 1.807) is 26.4 Å². The number of rotatable bonds is 7. The summed E-state index contributed by atoms with van der Waals surface area (Å²) in [5.41, 5.74) is 0.0854. The SMILES string of the molecule is COC[C@H]1CCCN(c2ccc([N+](=O)[O-])c(N3CCC[C@H](COC)C3)n2)C1. The van der Waals surface area contributed by atoms with Gasteiger partial charge in [0.05, 0.1) is 18.1 Å². The number of ether oxygens (including phenoxy) is 2. The van der Waals surface area contributed by atoms with Gasteiger partial charge in [-0.1, -0.05) is 0 Å². The average Bonchev–Trinajstić information content (AvgIpc) is 2.68. The molecule has 2 fully saturated rings. The molecule has 27 heavy (non-hydrogen) atoms. The second-order valence-electron chi connectivity index (χ2n) is 7.59. The molecule has 3 rings (SSSR count). The van der Waals surface area contributed by atoms with Gasteiger partial charge >= 0.3 is 5.69 Å². The van der Waals surface area contributed by atoms with E-state index in [9.17, 15) is 10.1 Å². The third-order valence-electron chi connectivity index (χ3n) is 5.50. The Morgan fingerprint density at radius 1 is 1.07 bits per heavy atom. The molecular formula is C19H30N4O4. The Morgan fingerprint density at radius 2 is 1.67 bits per heavy atom. The predicted octanol–water partition coefficient (Wildman–Crippen LogP) is 2.72. The van der Waals surface area contributed by atoms with E-state index in [0.717, 1.165) is 64.3 Å². The fourth-order valence-electron chi connectivity index (χ4n) is 4.26. The molecule has 2 aliphatic heterocycles. The van der Waals surface area contributed by atoms with E-state index in [0.29, 0.717) is 24.3 Å². The van der Waals surface area contributed by atoms with Crippen LogP contribution in [0.15, 0.2) is 12.1 Å². The molecule has 0 aromatic carbocycles. The van der Waals surface area contributed by atoms with Crippen LogP contribution in [0, 0.1) is 22.0 Å². The number of methoxy groups -OCH3 is 2. The van der Waals surface area contributed by atoms with Crippen LogP contribution in [0.2, 0.25) is 0 Å². The first kappa shape index (κ1) is 19.8. The highest BCUT2D eigenvalue weighted by atomic mass is 16.6. The van der Waals surface area contributed by atoms with Crippen LogP contribution < -0.4 is 9.80 Å². The van der Waals surface area contributed by atoms with Gasteiger partial charge < -0.3 is 19.3 Å². The standard InChI is InChI=1S/C19H30N4O4/c1-26-13-15-5-3-9-21(11-15)18-8-7-17(23(24)25)19(20-18)22-10-4-6-16(12-22)14-27-2/h7-8,15-16H,3-6,9-14H2,1-2H3/t15-,16-/m0/s1. The summed E-state index contributed by atoms with van der Waals surface area (Å²) < 4.78 is 10.6. The minimum atomic E-state index is -0.323. The highest BCUT2D eigenvalue weighted by Gasteiger charge is 2.29. The van der Waals surface area contributed by atoms with E-state index in [4.69, 9.17) is 14.5 Å². The lowest BCUT2D eigenvalue weighted by Gasteiger charge is -2.35. The number of nitrogens with zero attached hydrogens (tertiary/aromatic N) is 4. The molecule has 0 amide bonds. The highest BCUT2D eigenvalue weighted by molar-refractivity contribution is 5.62. The van der Waals surface area contributed by atoms with Crippen molar-refractivity contribution in [3.8, 4) is 0 Å². The zero-order valence-electron chi connectivity index (χ0n) is 16.3. The largest absolute Gasteiger partial charge is 0.384 e. The Bertz CT molecular complexity index is 638. The van der Waals surface area contributed by atoms with Crippen molar-refractivity contribution < 1.29 is 14.4 Å². The second-order valence-corrected chi connectivity index (χ2v) is 7.59. The van der Waals surface area contributed by atoms with Crippen LogP contribution in [0.5, 0.6) is 0 Å². The van der Waals surface area contributed by atoms with Crippen molar-refractivity contribution in [1.82, 2.24) is 4.98 Å². The number of nitro groups is 1. The van der Waals surface area contributed by atoms with Crippen molar-refractivity contribution in [3.63, 3.8) is 0 Å². The summed E-state index contributed by atoms with van der Waals surface area (Å²) in [7, 11) is 3.43. The van der Waals surface area contributed by atoms with Crippen molar-refractivity contribution in [2.45, 2.75) is 25.7 Å². The molecule has 150 valence electrons. The molecule has 3 heterocycles. The quantitative estimate of drug-likeness (QED) is 0.533. The zero-order valence-corrected chi connectivity index (χ0v) is 16.3. The Balaban J connectivity index is 1.83. The van der Waals surface area contributed by atoms with E-state index in [1.165, 1.54) is 0 Å². The fourth-order valence-corrected chi connectivity index (χ4v) is 4.26. The third kappa shape index (κ3) is 4.87. The summed E-state index contributed by atoms with van der Waals surface area (Å²) >= 11 is 0. The lowest BCUT2D eigenvalue weighted by molar-refractivity contribution is -0.384. The monoisotopic (exact) mass is 378 g/mol. The van der Waals surface area contributed by atoms with E-state index in [2.05, 4.69) is 9.80 Å².